The molecule has 0 aliphatic carbocycles. The molecule has 2 N–H and O–H groups in total. The van der Waals surface area contributed by atoms with E-state index in [-0.39, 0.29) is 6.04 Å². The molecule has 3 nitrogen and oxygen atoms in total. The molecule has 1 atom stereocenters. The molecule has 1 aromatic carbocycles. The van der Waals surface area contributed by atoms with Crippen LogP contribution in [0.3, 0.4) is 0 Å². The van der Waals surface area contributed by atoms with Gasteiger partial charge in [-0.3, -0.25) is 0 Å². The van der Waals surface area contributed by atoms with E-state index >= 15 is 0 Å². The molecule has 0 spiro atoms. The van der Waals surface area contributed by atoms with Gasteiger partial charge in [0.05, 0.1) is 14.2 Å². The molecule has 1 aromatic rings. The summed E-state index contributed by atoms with van der Waals surface area (Å²) in [6.45, 7) is 2.05. The summed E-state index contributed by atoms with van der Waals surface area (Å²) in [6.07, 6.45) is 0.883. The van der Waals surface area contributed by atoms with Crippen LogP contribution in [0.1, 0.15) is 24.9 Å². The smallest absolute Gasteiger partial charge is 0.161 e. The average molecular weight is 274 g/mol. The minimum absolute atomic E-state index is 0.0131. The van der Waals surface area contributed by atoms with E-state index < -0.39 is 0 Å². The Balaban J connectivity index is 3.19. The Morgan fingerprint density at radius 1 is 1.27 bits per heavy atom. The third-order valence-corrected chi connectivity index (χ3v) is 3.03. The monoisotopic (exact) mass is 273 g/mol. The number of methoxy groups -OCH3 is 2. The summed E-state index contributed by atoms with van der Waals surface area (Å²) < 4.78 is 11.4. The zero-order valence-corrected chi connectivity index (χ0v) is 10.8. The van der Waals surface area contributed by atoms with E-state index in [1.165, 1.54) is 0 Å². The molecule has 0 radical (unpaired) electrons. The van der Waals surface area contributed by atoms with Crippen molar-refractivity contribution in [2.75, 3.05) is 14.2 Å². The maximum atomic E-state index is 5.98. The Kier molecular flexibility index (Phi) is 4.42. The van der Waals surface area contributed by atoms with Crippen molar-refractivity contribution in [2.24, 2.45) is 5.73 Å². The van der Waals surface area contributed by atoms with Crippen LogP contribution in [0.5, 0.6) is 11.5 Å². The van der Waals surface area contributed by atoms with Crippen LogP contribution < -0.4 is 15.2 Å². The SMILES string of the molecule is CCC(N)c1cc(OC)c(OC)cc1Br. The largest absolute Gasteiger partial charge is 0.493 e. The van der Waals surface area contributed by atoms with Crippen molar-refractivity contribution in [3.8, 4) is 11.5 Å². The molecule has 0 bridgehead atoms. The maximum Gasteiger partial charge on any atom is 0.161 e. The zero-order valence-electron chi connectivity index (χ0n) is 9.21. The third-order valence-electron chi connectivity index (χ3n) is 2.34. The first-order valence-electron chi connectivity index (χ1n) is 4.81. The Hall–Kier alpha value is -0.740. The van der Waals surface area contributed by atoms with Crippen molar-refractivity contribution in [3.63, 3.8) is 0 Å². The number of nitrogens with two attached hydrogens (primary N) is 1. The van der Waals surface area contributed by atoms with E-state index in [1.54, 1.807) is 14.2 Å². The van der Waals surface area contributed by atoms with Crippen LogP contribution in [0, 0.1) is 0 Å². The van der Waals surface area contributed by atoms with Gasteiger partial charge in [-0.1, -0.05) is 22.9 Å². The number of ether oxygens (including phenoxy) is 2. The summed E-state index contributed by atoms with van der Waals surface area (Å²) in [5.41, 5.74) is 7.02. The fourth-order valence-corrected chi connectivity index (χ4v) is 1.99. The average Bonchev–Trinajstić information content (AvgIpc) is 2.27. The molecule has 0 aromatic heterocycles. The van der Waals surface area contributed by atoms with Crippen LogP contribution in [0.15, 0.2) is 16.6 Å². The van der Waals surface area contributed by atoms with Crippen LogP contribution in [0.25, 0.3) is 0 Å². The van der Waals surface area contributed by atoms with Crippen LogP contribution in [0.4, 0.5) is 0 Å². The van der Waals surface area contributed by atoms with Crippen LogP contribution in [-0.4, -0.2) is 14.2 Å². The third kappa shape index (κ3) is 2.63. The minimum atomic E-state index is 0.0131. The molecule has 15 heavy (non-hydrogen) atoms. The highest BCUT2D eigenvalue weighted by Crippen LogP contribution is 2.35. The van der Waals surface area contributed by atoms with Gasteiger partial charge >= 0.3 is 0 Å². The van der Waals surface area contributed by atoms with E-state index in [4.69, 9.17) is 15.2 Å². The second-order valence-corrected chi connectivity index (χ2v) is 4.10. The number of hydrogen-bond donors (Lipinski definition) is 1. The molecule has 0 heterocycles. The highest BCUT2D eigenvalue weighted by Gasteiger charge is 2.13. The van der Waals surface area contributed by atoms with Crippen molar-refractivity contribution in [1.29, 1.82) is 0 Å². The van der Waals surface area contributed by atoms with Crippen LogP contribution in [0.2, 0.25) is 0 Å². The number of hydrogen-bond acceptors (Lipinski definition) is 3. The van der Waals surface area contributed by atoms with Gasteiger partial charge in [0, 0.05) is 10.5 Å². The van der Waals surface area contributed by atoms with Gasteiger partial charge < -0.3 is 15.2 Å². The van der Waals surface area contributed by atoms with Gasteiger partial charge in [0.1, 0.15) is 0 Å². The van der Waals surface area contributed by atoms with E-state index in [9.17, 15) is 0 Å². The van der Waals surface area contributed by atoms with Gasteiger partial charge in [0.15, 0.2) is 11.5 Å². The molecule has 0 saturated heterocycles. The van der Waals surface area contributed by atoms with Crippen molar-refractivity contribution < 1.29 is 9.47 Å². The van der Waals surface area contributed by atoms with Gasteiger partial charge in [0.25, 0.3) is 0 Å². The quantitative estimate of drug-likeness (QED) is 0.918. The first-order chi connectivity index (χ1) is 7.13. The fraction of sp³-hybridized carbons (Fsp3) is 0.455. The molecule has 84 valence electrons. The van der Waals surface area contributed by atoms with E-state index in [1.807, 2.05) is 19.1 Å². The molecular formula is C11H16BrNO2. The van der Waals surface area contributed by atoms with Crippen molar-refractivity contribution in [1.82, 2.24) is 0 Å². The van der Waals surface area contributed by atoms with E-state index in [2.05, 4.69) is 15.9 Å². The molecular weight excluding hydrogens is 258 g/mol. The Morgan fingerprint density at radius 3 is 2.27 bits per heavy atom. The lowest BCUT2D eigenvalue weighted by atomic mass is 10.1. The second kappa shape index (κ2) is 5.37. The van der Waals surface area contributed by atoms with Crippen molar-refractivity contribution in [3.05, 3.63) is 22.2 Å². The maximum absolute atomic E-state index is 5.98. The van der Waals surface area contributed by atoms with Gasteiger partial charge in [0.2, 0.25) is 0 Å². The molecule has 0 saturated carbocycles. The van der Waals surface area contributed by atoms with Crippen LogP contribution in [-0.2, 0) is 0 Å². The number of benzene rings is 1. The lowest BCUT2D eigenvalue weighted by Crippen LogP contribution is -2.09. The summed E-state index contributed by atoms with van der Waals surface area (Å²) in [7, 11) is 3.23. The number of halogens is 1. The second-order valence-electron chi connectivity index (χ2n) is 3.24. The predicted octanol–water partition coefficient (Wildman–Crippen LogP) is 2.88. The van der Waals surface area contributed by atoms with Gasteiger partial charge in [-0.05, 0) is 24.1 Å². The zero-order chi connectivity index (χ0) is 11.4. The highest BCUT2D eigenvalue weighted by molar-refractivity contribution is 9.10. The lowest BCUT2D eigenvalue weighted by Gasteiger charge is -2.15. The Bertz CT molecular complexity index is 342. The van der Waals surface area contributed by atoms with Gasteiger partial charge in [-0.2, -0.15) is 0 Å². The van der Waals surface area contributed by atoms with Crippen LogP contribution >= 0.6 is 15.9 Å². The molecule has 0 fully saturated rings. The van der Waals surface area contributed by atoms with E-state index in [0.29, 0.717) is 11.5 Å². The molecule has 4 heteroatoms. The summed E-state index contributed by atoms with van der Waals surface area (Å²) in [5, 5.41) is 0. The molecule has 1 unspecified atom stereocenters. The van der Waals surface area contributed by atoms with E-state index in [0.717, 1.165) is 16.5 Å². The molecule has 0 amide bonds. The first kappa shape index (κ1) is 12.3. The molecule has 0 aliphatic rings. The summed E-state index contributed by atoms with van der Waals surface area (Å²) in [4.78, 5) is 0. The van der Waals surface area contributed by atoms with Crippen molar-refractivity contribution >= 4 is 15.9 Å². The highest BCUT2D eigenvalue weighted by atomic mass is 79.9. The predicted molar refractivity (Wildman–Crippen MR) is 64.5 cm³/mol. The Morgan fingerprint density at radius 2 is 1.80 bits per heavy atom. The Labute approximate surface area is 98.7 Å². The summed E-state index contributed by atoms with van der Waals surface area (Å²) >= 11 is 3.48. The molecule has 1 rings (SSSR count). The van der Waals surface area contributed by atoms with Gasteiger partial charge in [-0.15, -0.1) is 0 Å². The number of rotatable bonds is 4. The lowest BCUT2D eigenvalue weighted by molar-refractivity contribution is 0.354. The topological polar surface area (TPSA) is 44.5 Å². The normalized spacial score (nSPS) is 12.3. The van der Waals surface area contributed by atoms with Crippen molar-refractivity contribution in [2.45, 2.75) is 19.4 Å². The molecule has 0 aliphatic heterocycles. The summed E-state index contributed by atoms with van der Waals surface area (Å²) in [6, 6.07) is 3.81. The summed E-state index contributed by atoms with van der Waals surface area (Å²) in [5.74, 6) is 1.41. The first-order valence-corrected chi connectivity index (χ1v) is 5.60. The van der Waals surface area contributed by atoms with Gasteiger partial charge in [-0.25, -0.2) is 0 Å². The minimum Gasteiger partial charge on any atom is -0.493 e. The fourth-order valence-electron chi connectivity index (χ4n) is 1.37. The standard InChI is InChI=1S/C11H16BrNO2/c1-4-9(13)7-5-10(14-2)11(15-3)6-8(7)12/h5-6,9H,4,13H2,1-3H3.